The molecule has 2 rings (SSSR count). The van der Waals surface area contributed by atoms with Crippen LogP contribution in [0.15, 0.2) is 0 Å². The quantitative estimate of drug-likeness (QED) is 0.912. The third-order valence-electron chi connectivity index (χ3n) is 3.87. The Morgan fingerprint density at radius 2 is 2.00 bits per heavy atom. The minimum Gasteiger partial charge on any atom is -0.389 e. The Morgan fingerprint density at radius 3 is 2.56 bits per heavy atom. The average Bonchev–Trinajstić information content (AvgIpc) is 2.61. The number of piperidine rings is 1. The summed E-state index contributed by atoms with van der Waals surface area (Å²) in [5.74, 6) is 0. The van der Waals surface area contributed by atoms with Crippen LogP contribution in [0, 0.1) is 6.92 Å². The standard InChI is InChI=1S/C13H22ClN3O/c1-4-17-11(12(14)10(2)15-17)9-13(18)5-7-16(3)8-6-13/h18H,4-9H2,1-3H3. The van der Waals surface area contributed by atoms with Gasteiger partial charge in [0.1, 0.15) is 0 Å². The van der Waals surface area contributed by atoms with Crippen LogP contribution in [0.3, 0.4) is 0 Å². The lowest BCUT2D eigenvalue weighted by Gasteiger charge is -2.36. The summed E-state index contributed by atoms with van der Waals surface area (Å²) in [6.07, 6.45) is 2.20. The van der Waals surface area contributed by atoms with Crippen LogP contribution < -0.4 is 0 Å². The van der Waals surface area contributed by atoms with Gasteiger partial charge in [0, 0.05) is 26.1 Å². The van der Waals surface area contributed by atoms with Gasteiger partial charge in [0.15, 0.2) is 0 Å². The van der Waals surface area contributed by atoms with E-state index in [9.17, 15) is 5.11 Å². The minimum atomic E-state index is -0.629. The topological polar surface area (TPSA) is 41.3 Å². The Labute approximate surface area is 114 Å². The monoisotopic (exact) mass is 271 g/mol. The molecule has 1 aromatic rings. The lowest BCUT2D eigenvalue weighted by Crippen LogP contribution is -2.44. The number of nitrogens with zero attached hydrogens (tertiary/aromatic N) is 3. The van der Waals surface area contributed by atoms with E-state index in [0.29, 0.717) is 11.4 Å². The summed E-state index contributed by atoms with van der Waals surface area (Å²) >= 11 is 6.30. The number of hydrogen-bond donors (Lipinski definition) is 1. The highest BCUT2D eigenvalue weighted by atomic mass is 35.5. The highest BCUT2D eigenvalue weighted by molar-refractivity contribution is 6.31. The summed E-state index contributed by atoms with van der Waals surface area (Å²) in [5.41, 5.74) is 1.20. The zero-order valence-electron chi connectivity index (χ0n) is 11.4. The van der Waals surface area contributed by atoms with E-state index < -0.39 is 5.60 Å². The molecule has 0 saturated carbocycles. The van der Waals surface area contributed by atoms with Crippen molar-refractivity contribution >= 4 is 11.6 Å². The van der Waals surface area contributed by atoms with Gasteiger partial charge in [0.2, 0.25) is 0 Å². The molecule has 0 radical (unpaired) electrons. The number of aryl methyl sites for hydroxylation is 2. The predicted molar refractivity (Wildman–Crippen MR) is 73.0 cm³/mol. The van der Waals surface area contributed by atoms with E-state index in [-0.39, 0.29) is 0 Å². The molecule has 0 aliphatic carbocycles. The van der Waals surface area contributed by atoms with E-state index in [1.165, 1.54) is 0 Å². The highest BCUT2D eigenvalue weighted by Crippen LogP contribution is 2.30. The lowest BCUT2D eigenvalue weighted by atomic mass is 9.87. The fourth-order valence-electron chi connectivity index (χ4n) is 2.56. The van der Waals surface area contributed by atoms with Gasteiger partial charge in [-0.3, -0.25) is 4.68 Å². The van der Waals surface area contributed by atoms with Crippen LogP contribution >= 0.6 is 11.6 Å². The van der Waals surface area contributed by atoms with Gasteiger partial charge in [-0.2, -0.15) is 5.10 Å². The van der Waals surface area contributed by atoms with Gasteiger partial charge in [0.05, 0.1) is 22.0 Å². The summed E-state index contributed by atoms with van der Waals surface area (Å²) < 4.78 is 1.91. The van der Waals surface area contributed by atoms with Gasteiger partial charge in [0.25, 0.3) is 0 Å². The second kappa shape index (κ2) is 5.19. The van der Waals surface area contributed by atoms with Gasteiger partial charge < -0.3 is 10.0 Å². The van der Waals surface area contributed by atoms with Crippen LogP contribution in [0.1, 0.15) is 31.2 Å². The maximum Gasteiger partial charge on any atom is 0.0848 e. The Kier molecular flexibility index (Phi) is 3.99. The SMILES string of the molecule is CCn1nc(C)c(Cl)c1CC1(O)CCN(C)CC1. The first kappa shape index (κ1) is 13.8. The van der Waals surface area contributed by atoms with Crippen molar-refractivity contribution in [2.45, 2.75) is 45.3 Å². The van der Waals surface area contributed by atoms with Crippen molar-refractivity contribution in [3.63, 3.8) is 0 Å². The number of aromatic nitrogens is 2. The van der Waals surface area contributed by atoms with Crippen LogP contribution in [0.4, 0.5) is 0 Å². The second-order valence-corrected chi connectivity index (χ2v) is 5.74. The van der Waals surface area contributed by atoms with Crippen LogP contribution in [0.2, 0.25) is 5.02 Å². The van der Waals surface area contributed by atoms with E-state index in [0.717, 1.165) is 43.9 Å². The number of aliphatic hydroxyl groups is 1. The van der Waals surface area contributed by atoms with Crippen molar-refractivity contribution in [2.24, 2.45) is 0 Å². The fraction of sp³-hybridized carbons (Fsp3) is 0.769. The molecule has 1 aliphatic rings. The zero-order valence-corrected chi connectivity index (χ0v) is 12.2. The maximum absolute atomic E-state index is 10.7. The molecule has 0 unspecified atom stereocenters. The third-order valence-corrected chi connectivity index (χ3v) is 4.36. The van der Waals surface area contributed by atoms with Crippen molar-refractivity contribution in [1.82, 2.24) is 14.7 Å². The summed E-state index contributed by atoms with van der Waals surface area (Å²) in [6, 6.07) is 0. The molecular weight excluding hydrogens is 250 g/mol. The molecule has 0 aromatic carbocycles. The Bertz CT molecular complexity index is 422. The van der Waals surface area contributed by atoms with Crippen molar-refractivity contribution in [1.29, 1.82) is 0 Å². The molecule has 0 bridgehead atoms. The van der Waals surface area contributed by atoms with Gasteiger partial charge in [-0.25, -0.2) is 0 Å². The van der Waals surface area contributed by atoms with Crippen molar-refractivity contribution in [3.8, 4) is 0 Å². The summed E-state index contributed by atoms with van der Waals surface area (Å²) in [6.45, 7) is 6.63. The smallest absolute Gasteiger partial charge is 0.0848 e. The molecule has 18 heavy (non-hydrogen) atoms. The number of halogens is 1. The van der Waals surface area contributed by atoms with E-state index in [1.807, 2.05) is 18.5 Å². The van der Waals surface area contributed by atoms with Crippen LogP contribution in [-0.4, -0.2) is 45.5 Å². The molecule has 1 aromatic heterocycles. The first-order valence-corrected chi connectivity index (χ1v) is 6.95. The van der Waals surface area contributed by atoms with E-state index in [2.05, 4.69) is 17.0 Å². The molecule has 5 heteroatoms. The van der Waals surface area contributed by atoms with E-state index in [1.54, 1.807) is 0 Å². The van der Waals surface area contributed by atoms with E-state index >= 15 is 0 Å². The first-order chi connectivity index (χ1) is 8.45. The molecule has 0 atom stereocenters. The Balaban J connectivity index is 2.18. The summed E-state index contributed by atoms with van der Waals surface area (Å²) in [4.78, 5) is 2.25. The molecule has 0 amide bonds. The second-order valence-electron chi connectivity index (χ2n) is 5.37. The normalized spacial score (nSPS) is 20.3. The lowest BCUT2D eigenvalue weighted by molar-refractivity contribution is -0.0164. The fourth-order valence-corrected chi connectivity index (χ4v) is 2.76. The summed E-state index contributed by atoms with van der Waals surface area (Å²) in [5, 5.41) is 15.8. The largest absolute Gasteiger partial charge is 0.389 e. The van der Waals surface area contributed by atoms with Crippen molar-refractivity contribution in [3.05, 3.63) is 16.4 Å². The van der Waals surface area contributed by atoms with E-state index in [4.69, 9.17) is 11.6 Å². The molecule has 1 fully saturated rings. The van der Waals surface area contributed by atoms with Crippen molar-refractivity contribution in [2.75, 3.05) is 20.1 Å². The molecule has 2 heterocycles. The number of hydrogen-bond acceptors (Lipinski definition) is 3. The van der Waals surface area contributed by atoms with Gasteiger partial charge in [-0.05, 0) is 33.7 Å². The molecule has 0 spiro atoms. The Hall–Kier alpha value is -0.580. The third kappa shape index (κ3) is 2.71. The number of rotatable bonds is 3. The molecule has 102 valence electrons. The molecular formula is C13H22ClN3O. The Morgan fingerprint density at radius 1 is 1.39 bits per heavy atom. The van der Waals surface area contributed by atoms with Gasteiger partial charge in [-0.1, -0.05) is 11.6 Å². The minimum absolute atomic E-state index is 0.606. The average molecular weight is 272 g/mol. The van der Waals surface area contributed by atoms with Gasteiger partial charge in [-0.15, -0.1) is 0 Å². The molecule has 1 saturated heterocycles. The van der Waals surface area contributed by atoms with Crippen LogP contribution in [-0.2, 0) is 13.0 Å². The van der Waals surface area contributed by atoms with Crippen molar-refractivity contribution < 1.29 is 5.11 Å². The first-order valence-electron chi connectivity index (χ1n) is 6.58. The molecule has 4 nitrogen and oxygen atoms in total. The predicted octanol–water partition coefficient (Wildman–Crippen LogP) is 1.86. The molecule has 1 aliphatic heterocycles. The van der Waals surface area contributed by atoms with Crippen LogP contribution in [0.5, 0.6) is 0 Å². The summed E-state index contributed by atoms with van der Waals surface area (Å²) in [7, 11) is 2.09. The van der Waals surface area contributed by atoms with Gasteiger partial charge >= 0.3 is 0 Å². The maximum atomic E-state index is 10.7. The zero-order chi connectivity index (χ0) is 13.3. The van der Waals surface area contributed by atoms with Crippen LogP contribution in [0.25, 0.3) is 0 Å². The highest BCUT2D eigenvalue weighted by Gasteiger charge is 2.33. The number of likely N-dealkylation sites (tertiary alicyclic amines) is 1. The molecule has 1 N–H and O–H groups in total.